The molecule has 5 heteroatoms. The smallest absolute Gasteiger partial charge is 0.164 e. The minimum Gasteiger partial charge on any atom is -0.309 e. The average molecular weight is 681 g/mol. The van der Waals surface area contributed by atoms with E-state index in [1.807, 2.05) is 18.2 Å². The Morgan fingerprint density at radius 3 is 1.75 bits per heavy atom. The van der Waals surface area contributed by atoms with Crippen LogP contribution >= 0.6 is 11.3 Å². The molecule has 0 aliphatic heterocycles. The third-order valence-corrected chi connectivity index (χ3v) is 11.3. The molecule has 3 heterocycles. The van der Waals surface area contributed by atoms with Crippen LogP contribution in [0.1, 0.15) is 0 Å². The number of benzene rings is 8. The Morgan fingerprint density at radius 1 is 0.365 bits per heavy atom. The molecule has 0 radical (unpaired) electrons. The molecular weight excluding hydrogens is 653 g/mol. The van der Waals surface area contributed by atoms with Gasteiger partial charge in [0.05, 0.1) is 11.0 Å². The number of nitrogens with zero attached hydrogens (tertiary/aromatic N) is 4. The molecule has 242 valence electrons. The van der Waals surface area contributed by atoms with E-state index < -0.39 is 0 Å². The molecule has 0 fully saturated rings. The number of hydrogen-bond acceptors (Lipinski definition) is 4. The molecule has 0 amide bonds. The molecule has 0 aliphatic rings. The zero-order chi connectivity index (χ0) is 34.2. The minimum atomic E-state index is 0.644. The summed E-state index contributed by atoms with van der Waals surface area (Å²) in [5.74, 6) is 1.96. The Balaban J connectivity index is 1.08. The first-order chi connectivity index (χ1) is 25.7. The second-order valence-electron chi connectivity index (χ2n) is 13.3. The fourth-order valence-electron chi connectivity index (χ4n) is 7.73. The van der Waals surface area contributed by atoms with E-state index in [0.717, 1.165) is 22.4 Å². The summed E-state index contributed by atoms with van der Waals surface area (Å²) in [6.07, 6.45) is 0. The highest BCUT2D eigenvalue weighted by atomic mass is 32.1. The summed E-state index contributed by atoms with van der Waals surface area (Å²) >= 11 is 1.80. The lowest BCUT2D eigenvalue weighted by Gasteiger charge is -2.11. The summed E-state index contributed by atoms with van der Waals surface area (Å²) in [6.45, 7) is 0. The van der Waals surface area contributed by atoms with Gasteiger partial charge in [0.15, 0.2) is 17.5 Å². The molecule has 0 bridgehead atoms. The van der Waals surface area contributed by atoms with Crippen molar-refractivity contribution in [2.24, 2.45) is 0 Å². The lowest BCUT2D eigenvalue weighted by Crippen LogP contribution is -2.00. The first-order valence-corrected chi connectivity index (χ1v) is 18.3. The summed E-state index contributed by atoms with van der Waals surface area (Å²) in [6, 6.07) is 60.4. The van der Waals surface area contributed by atoms with E-state index in [1.165, 1.54) is 63.5 Å². The highest BCUT2D eigenvalue weighted by Gasteiger charge is 2.18. The molecule has 0 saturated heterocycles. The van der Waals surface area contributed by atoms with Gasteiger partial charge in [-0.2, -0.15) is 0 Å². The molecule has 3 aromatic heterocycles. The van der Waals surface area contributed by atoms with E-state index in [4.69, 9.17) is 15.0 Å². The van der Waals surface area contributed by atoms with Crippen molar-refractivity contribution in [1.82, 2.24) is 19.5 Å². The van der Waals surface area contributed by atoms with Crippen LogP contribution in [0.2, 0.25) is 0 Å². The quantitative estimate of drug-likeness (QED) is 0.186. The minimum absolute atomic E-state index is 0.644. The highest BCUT2D eigenvalue weighted by Crippen LogP contribution is 2.40. The molecule has 11 rings (SSSR count). The topological polar surface area (TPSA) is 43.6 Å². The van der Waals surface area contributed by atoms with E-state index in [0.29, 0.717) is 17.5 Å². The van der Waals surface area contributed by atoms with E-state index in [9.17, 15) is 0 Å². The average Bonchev–Trinajstić information content (AvgIpc) is 3.75. The monoisotopic (exact) mass is 680 g/mol. The van der Waals surface area contributed by atoms with Gasteiger partial charge in [-0.3, -0.25) is 0 Å². The van der Waals surface area contributed by atoms with Crippen molar-refractivity contribution in [2.45, 2.75) is 0 Å². The molecule has 11 aromatic rings. The van der Waals surface area contributed by atoms with E-state index in [-0.39, 0.29) is 0 Å². The van der Waals surface area contributed by atoms with Crippen LogP contribution in [0.25, 0.3) is 103 Å². The van der Waals surface area contributed by atoms with Gasteiger partial charge in [-0.05, 0) is 76.1 Å². The van der Waals surface area contributed by atoms with Gasteiger partial charge >= 0.3 is 0 Å². The normalized spacial score (nSPS) is 11.8. The molecule has 4 nitrogen and oxygen atoms in total. The van der Waals surface area contributed by atoms with Crippen LogP contribution in [0.4, 0.5) is 0 Å². The summed E-state index contributed by atoms with van der Waals surface area (Å²) in [5, 5.41) is 10.0. The van der Waals surface area contributed by atoms with Gasteiger partial charge < -0.3 is 4.57 Å². The van der Waals surface area contributed by atoms with Crippen molar-refractivity contribution in [2.75, 3.05) is 0 Å². The fourth-order valence-corrected chi connectivity index (χ4v) is 8.87. The summed E-state index contributed by atoms with van der Waals surface area (Å²) in [4.78, 5) is 15.1. The third kappa shape index (κ3) is 4.57. The molecule has 0 spiro atoms. The lowest BCUT2D eigenvalue weighted by molar-refractivity contribution is 1.07. The van der Waals surface area contributed by atoms with Gasteiger partial charge in [-0.25, -0.2) is 15.0 Å². The Kier molecular flexibility index (Phi) is 6.39. The molecule has 0 aliphatic carbocycles. The molecule has 8 aromatic carbocycles. The lowest BCUT2D eigenvalue weighted by atomic mass is 10.0. The van der Waals surface area contributed by atoms with Crippen LogP contribution in [0, 0.1) is 0 Å². The van der Waals surface area contributed by atoms with Gasteiger partial charge in [-0.15, -0.1) is 11.3 Å². The molecule has 0 N–H and O–H groups in total. The first-order valence-electron chi connectivity index (χ1n) is 17.4. The largest absolute Gasteiger partial charge is 0.309 e. The van der Waals surface area contributed by atoms with Crippen molar-refractivity contribution in [3.8, 4) is 39.9 Å². The van der Waals surface area contributed by atoms with Gasteiger partial charge in [0.2, 0.25) is 0 Å². The molecular formula is C47H28N4S. The van der Waals surface area contributed by atoms with Crippen LogP contribution < -0.4 is 0 Å². The maximum Gasteiger partial charge on any atom is 0.164 e. The summed E-state index contributed by atoms with van der Waals surface area (Å²) in [5.41, 5.74) is 6.31. The Bertz CT molecular complexity index is 3180. The molecule has 0 saturated carbocycles. The predicted molar refractivity (Wildman–Crippen MR) is 218 cm³/mol. The number of hydrogen-bond donors (Lipinski definition) is 0. The maximum absolute atomic E-state index is 5.10. The van der Waals surface area contributed by atoms with Crippen molar-refractivity contribution in [1.29, 1.82) is 0 Å². The Morgan fingerprint density at radius 2 is 0.962 bits per heavy atom. The maximum atomic E-state index is 5.10. The summed E-state index contributed by atoms with van der Waals surface area (Å²) < 4.78 is 4.89. The molecule has 52 heavy (non-hydrogen) atoms. The van der Waals surface area contributed by atoms with Crippen molar-refractivity contribution >= 4 is 74.9 Å². The van der Waals surface area contributed by atoms with Crippen LogP contribution in [0.5, 0.6) is 0 Å². The predicted octanol–water partition coefficient (Wildman–Crippen LogP) is 12.6. The zero-order valence-electron chi connectivity index (χ0n) is 27.9. The number of fused-ring (bicyclic) bond motifs is 9. The van der Waals surface area contributed by atoms with Crippen molar-refractivity contribution in [3.63, 3.8) is 0 Å². The van der Waals surface area contributed by atoms with Crippen molar-refractivity contribution < 1.29 is 0 Å². The van der Waals surface area contributed by atoms with Gasteiger partial charge in [0.1, 0.15) is 0 Å². The number of rotatable bonds is 4. The zero-order valence-corrected chi connectivity index (χ0v) is 28.7. The Labute approximate surface area is 302 Å². The summed E-state index contributed by atoms with van der Waals surface area (Å²) in [7, 11) is 0. The highest BCUT2D eigenvalue weighted by molar-refractivity contribution is 7.25. The van der Waals surface area contributed by atoms with E-state index >= 15 is 0 Å². The van der Waals surface area contributed by atoms with Crippen LogP contribution in [0.15, 0.2) is 170 Å². The molecule has 0 unspecified atom stereocenters. The van der Waals surface area contributed by atoms with Gasteiger partial charge in [0, 0.05) is 53.3 Å². The fraction of sp³-hybridized carbons (Fsp3) is 0. The van der Waals surface area contributed by atoms with E-state index in [1.54, 1.807) is 11.3 Å². The van der Waals surface area contributed by atoms with E-state index in [2.05, 4.69) is 156 Å². The molecule has 0 atom stereocenters. The Hall–Kier alpha value is -6.69. The van der Waals surface area contributed by atoms with Crippen molar-refractivity contribution in [3.05, 3.63) is 170 Å². The van der Waals surface area contributed by atoms with Crippen LogP contribution in [-0.2, 0) is 0 Å². The number of thiophene rings is 1. The second kappa shape index (κ2) is 11.4. The SMILES string of the molecule is c1ccc(-c2nc(-c3ccc(-n4c5cc6ccccc6cc5c5c6ccccc6ccc54)cc3)nc(-c3ccc4c(c3)sc3ccccc34)n2)cc1. The third-order valence-electron chi connectivity index (χ3n) is 10.2. The standard InChI is InChI=1S/C47H28N4S/c1-2-11-30(12-3-1)45-48-46(50-47(49-45)34-20-24-38-37-16-8-9-17-42(37)52-43(38)28-34)31-18-22-35(23-19-31)51-40-25-21-29-10-6-7-15-36(29)44(40)39-26-32-13-4-5-14-33(32)27-41(39)51/h1-28H. The van der Waals surface area contributed by atoms with Gasteiger partial charge in [-0.1, -0.05) is 115 Å². The second-order valence-corrected chi connectivity index (χ2v) is 14.3. The first kappa shape index (κ1) is 29.1. The van der Waals surface area contributed by atoms with Crippen LogP contribution in [0.3, 0.4) is 0 Å². The van der Waals surface area contributed by atoms with Crippen LogP contribution in [-0.4, -0.2) is 19.5 Å². The van der Waals surface area contributed by atoms with Gasteiger partial charge in [0.25, 0.3) is 0 Å². The number of aromatic nitrogens is 4.